The molecule has 1 heterocycles. The summed E-state index contributed by atoms with van der Waals surface area (Å²) in [7, 11) is 0. The highest BCUT2D eigenvalue weighted by atomic mass is 15.5. The van der Waals surface area contributed by atoms with Crippen molar-refractivity contribution in [3.8, 4) is 5.69 Å². The van der Waals surface area contributed by atoms with E-state index in [4.69, 9.17) is 0 Å². The maximum absolute atomic E-state index is 3.89. The summed E-state index contributed by atoms with van der Waals surface area (Å²) in [4.78, 5) is 0. The number of rotatable bonds is 4. The molecule has 2 aliphatic carbocycles. The van der Waals surface area contributed by atoms with Crippen LogP contribution < -0.4 is 5.32 Å². The zero-order chi connectivity index (χ0) is 14.2. The SMILES string of the molecule is CC(Nc1ccc(-n2cnnn2)cc1)C1CC2C=CC1C2. The Kier molecular flexibility index (Phi) is 2.98. The second-order valence-corrected chi connectivity index (χ2v) is 6.18. The normalized spacial score (nSPS) is 28.0. The third-order valence-electron chi connectivity index (χ3n) is 4.85. The van der Waals surface area contributed by atoms with Gasteiger partial charge in [0, 0.05) is 11.7 Å². The molecule has 4 rings (SSSR count). The summed E-state index contributed by atoms with van der Waals surface area (Å²) in [6.45, 7) is 2.30. The lowest BCUT2D eigenvalue weighted by Crippen LogP contribution is -2.28. The van der Waals surface area contributed by atoms with Crippen molar-refractivity contribution in [3.63, 3.8) is 0 Å². The molecule has 21 heavy (non-hydrogen) atoms. The number of aromatic nitrogens is 4. The first-order valence-corrected chi connectivity index (χ1v) is 7.58. The average Bonchev–Trinajstić information content (AvgIpc) is 3.25. The molecule has 5 heteroatoms. The van der Waals surface area contributed by atoms with Gasteiger partial charge < -0.3 is 5.32 Å². The first-order valence-electron chi connectivity index (χ1n) is 7.58. The van der Waals surface area contributed by atoms with Crippen LogP contribution in [0.25, 0.3) is 5.69 Å². The first-order chi connectivity index (χ1) is 10.3. The summed E-state index contributed by atoms with van der Waals surface area (Å²) in [6.07, 6.45) is 9.10. The second-order valence-electron chi connectivity index (χ2n) is 6.18. The molecule has 1 aromatic heterocycles. The number of hydrogen-bond donors (Lipinski definition) is 1. The van der Waals surface area contributed by atoms with Crippen LogP contribution in [0.5, 0.6) is 0 Å². The molecule has 2 bridgehead atoms. The lowest BCUT2D eigenvalue weighted by Gasteiger charge is -2.27. The summed E-state index contributed by atoms with van der Waals surface area (Å²) in [5.74, 6) is 2.36. The molecular formula is C16H19N5. The summed E-state index contributed by atoms with van der Waals surface area (Å²) in [5, 5.41) is 14.8. The number of allylic oxidation sites excluding steroid dienone is 2. The average molecular weight is 281 g/mol. The Balaban J connectivity index is 1.44. The minimum Gasteiger partial charge on any atom is -0.382 e. The van der Waals surface area contributed by atoms with Crippen molar-refractivity contribution in [2.75, 3.05) is 5.32 Å². The van der Waals surface area contributed by atoms with E-state index in [1.165, 1.54) is 12.8 Å². The highest BCUT2D eigenvalue weighted by molar-refractivity contribution is 5.49. The van der Waals surface area contributed by atoms with E-state index < -0.39 is 0 Å². The Hall–Kier alpha value is -2.17. The molecule has 108 valence electrons. The number of benzene rings is 1. The van der Waals surface area contributed by atoms with Crippen LogP contribution in [-0.2, 0) is 0 Å². The summed E-state index contributed by atoms with van der Waals surface area (Å²) >= 11 is 0. The quantitative estimate of drug-likeness (QED) is 0.875. The van der Waals surface area contributed by atoms with E-state index >= 15 is 0 Å². The minimum atomic E-state index is 0.504. The molecule has 4 unspecified atom stereocenters. The van der Waals surface area contributed by atoms with Crippen LogP contribution in [0, 0.1) is 17.8 Å². The van der Waals surface area contributed by atoms with Gasteiger partial charge in [-0.05, 0) is 72.2 Å². The van der Waals surface area contributed by atoms with Gasteiger partial charge in [-0.15, -0.1) is 5.10 Å². The maximum atomic E-state index is 3.89. The van der Waals surface area contributed by atoms with Crippen LogP contribution in [0.15, 0.2) is 42.7 Å². The van der Waals surface area contributed by atoms with Gasteiger partial charge in [0.1, 0.15) is 6.33 Å². The van der Waals surface area contributed by atoms with Crippen molar-refractivity contribution >= 4 is 5.69 Å². The van der Waals surface area contributed by atoms with E-state index in [2.05, 4.69) is 52.1 Å². The number of tetrazole rings is 1. The van der Waals surface area contributed by atoms with Crippen molar-refractivity contribution in [2.24, 2.45) is 17.8 Å². The summed E-state index contributed by atoms with van der Waals surface area (Å²) in [5.41, 5.74) is 2.13. The molecule has 1 aromatic carbocycles. The lowest BCUT2D eigenvalue weighted by atomic mass is 9.87. The van der Waals surface area contributed by atoms with Crippen LogP contribution in [0.2, 0.25) is 0 Å². The van der Waals surface area contributed by atoms with Gasteiger partial charge in [-0.2, -0.15) is 0 Å². The fourth-order valence-corrected chi connectivity index (χ4v) is 3.76. The number of nitrogens with zero attached hydrogens (tertiary/aromatic N) is 4. The Morgan fingerprint density at radius 3 is 2.67 bits per heavy atom. The molecule has 5 nitrogen and oxygen atoms in total. The summed E-state index contributed by atoms with van der Waals surface area (Å²) in [6, 6.07) is 8.76. The lowest BCUT2D eigenvalue weighted by molar-refractivity contribution is 0.400. The molecule has 1 fully saturated rings. The van der Waals surface area contributed by atoms with Gasteiger partial charge in [-0.25, -0.2) is 4.68 Å². The Bertz CT molecular complexity index is 631. The van der Waals surface area contributed by atoms with Crippen molar-refractivity contribution in [2.45, 2.75) is 25.8 Å². The monoisotopic (exact) mass is 281 g/mol. The molecule has 1 saturated carbocycles. The molecule has 1 N–H and O–H groups in total. The van der Waals surface area contributed by atoms with Gasteiger partial charge in [0.25, 0.3) is 0 Å². The molecule has 4 atom stereocenters. The van der Waals surface area contributed by atoms with Gasteiger partial charge in [0.05, 0.1) is 5.69 Å². The Morgan fingerprint density at radius 1 is 1.19 bits per heavy atom. The topological polar surface area (TPSA) is 55.6 Å². The van der Waals surface area contributed by atoms with Gasteiger partial charge in [0.15, 0.2) is 0 Å². The van der Waals surface area contributed by atoms with Crippen LogP contribution >= 0.6 is 0 Å². The first kappa shape index (κ1) is 12.6. The zero-order valence-corrected chi connectivity index (χ0v) is 12.1. The fraction of sp³-hybridized carbons (Fsp3) is 0.438. The van der Waals surface area contributed by atoms with Crippen molar-refractivity contribution in [3.05, 3.63) is 42.7 Å². The highest BCUT2D eigenvalue weighted by Gasteiger charge is 2.38. The van der Waals surface area contributed by atoms with E-state index in [1.54, 1.807) is 11.0 Å². The number of hydrogen-bond acceptors (Lipinski definition) is 4. The molecule has 0 aliphatic heterocycles. The van der Waals surface area contributed by atoms with E-state index in [1.807, 2.05) is 12.1 Å². The Labute approximate surface area is 124 Å². The highest BCUT2D eigenvalue weighted by Crippen LogP contribution is 2.45. The third kappa shape index (κ3) is 2.33. The van der Waals surface area contributed by atoms with Gasteiger partial charge in [-0.3, -0.25) is 0 Å². The summed E-state index contributed by atoms with van der Waals surface area (Å²) < 4.78 is 1.66. The molecule has 2 aliphatic rings. The van der Waals surface area contributed by atoms with E-state index in [0.717, 1.165) is 29.1 Å². The van der Waals surface area contributed by atoms with Crippen molar-refractivity contribution < 1.29 is 0 Å². The van der Waals surface area contributed by atoms with Crippen molar-refractivity contribution in [1.82, 2.24) is 20.2 Å². The molecule has 0 radical (unpaired) electrons. The molecular weight excluding hydrogens is 262 g/mol. The Morgan fingerprint density at radius 2 is 2.05 bits per heavy atom. The molecule has 0 amide bonds. The maximum Gasteiger partial charge on any atom is 0.143 e. The van der Waals surface area contributed by atoms with Crippen LogP contribution in [0.1, 0.15) is 19.8 Å². The van der Waals surface area contributed by atoms with Crippen LogP contribution in [-0.4, -0.2) is 26.2 Å². The van der Waals surface area contributed by atoms with Gasteiger partial charge >= 0.3 is 0 Å². The minimum absolute atomic E-state index is 0.504. The van der Waals surface area contributed by atoms with E-state index in [-0.39, 0.29) is 0 Å². The van der Waals surface area contributed by atoms with E-state index in [0.29, 0.717) is 6.04 Å². The predicted molar refractivity (Wildman–Crippen MR) is 81.1 cm³/mol. The standard InChI is InChI=1S/C16H19N5/c1-11(16-9-12-2-3-13(16)8-12)18-14-4-6-15(7-5-14)21-10-17-19-20-21/h2-7,10-13,16,18H,8-9H2,1H3. The number of nitrogens with one attached hydrogen (secondary N) is 1. The number of anilines is 1. The van der Waals surface area contributed by atoms with E-state index in [9.17, 15) is 0 Å². The zero-order valence-electron chi connectivity index (χ0n) is 12.1. The smallest absolute Gasteiger partial charge is 0.143 e. The van der Waals surface area contributed by atoms with Crippen LogP contribution in [0.4, 0.5) is 5.69 Å². The van der Waals surface area contributed by atoms with Crippen molar-refractivity contribution in [1.29, 1.82) is 0 Å². The van der Waals surface area contributed by atoms with Crippen LogP contribution in [0.3, 0.4) is 0 Å². The largest absolute Gasteiger partial charge is 0.382 e. The second kappa shape index (κ2) is 4.98. The fourth-order valence-electron chi connectivity index (χ4n) is 3.76. The van der Waals surface area contributed by atoms with Gasteiger partial charge in [0.2, 0.25) is 0 Å². The van der Waals surface area contributed by atoms with Gasteiger partial charge in [-0.1, -0.05) is 12.2 Å². The molecule has 2 aromatic rings. The third-order valence-corrected chi connectivity index (χ3v) is 4.85. The molecule has 0 spiro atoms. The predicted octanol–water partition coefficient (Wildman–Crippen LogP) is 2.67. The molecule has 0 saturated heterocycles. The number of fused-ring (bicyclic) bond motifs is 2.